The fourth-order valence-corrected chi connectivity index (χ4v) is 2.96. The van der Waals surface area contributed by atoms with Gasteiger partial charge in [0.15, 0.2) is 23.0 Å². The van der Waals surface area contributed by atoms with Crippen molar-refractivity contribution < 1.29 is 23.7 Å². The minimum absolute atomic E-state index is 0.0753. The summed E-state index contributed by atoms with van der Waals surface area (Å²) in [5.41, 5.74) is 1.81. The first kappa shape index (κ1) is 19.8. The van der Waals surface area contributed by atoms with Crippen molar-refractivity contribution in [2.75, 3.05) is 39.9 Å². The van der Waals surface area contributed by atoms with Crippen LogP contribution in [0.1, 0.15) is 12.5 Å². The van der Waals surface area contributed by atoms with Crippen molar-refractivity contribution in [1.82, 2.24) is 4.90 Å². The second-order valence-electron chi connectivity index (χ2n) is 6.65. The van der Waals surface area contributed by atoms with Gasteiger partial charge in [-0.05, 0) is 50.2 Å². The molecule has 0 spiro atoms. The van der Waals surface area contributed by atoms with Crippen LogP contribution >= 0.6 is 0 Å². The van der Waals surface area contributed by atoms with Gasteiger partial charge in [0.2, 0.25) is 12.7 Å². The molecule has 1 aliphatic rings. The van der Waals surface area contributed by atoms with E-state index in [1.807, 2.05) is 43.1 Å². The number of nitrogens with one attached hydrogen (secondary N) is 1. The van der Waals surface area contributed by atoms with E-state index < -0.39 is 0 Å². The minimum Gasteiger partial charge on any atom is -0.493 e. The van der Waals surface area contributed by atoms with Crippen LogP contribution < -0.4 is 24.3 Å². The Morgan fingerprint density at radius 2 is 1.86 bits per heavy atom. The summed E-state index contributed by atoms with van der Waals surface area (Å²) in [6, 6.07) is 11.0. The van der Waals surface area contributed by atoms with Crippen molar-refractivity contribution in [3.8, 4) is 23.0 Å². The van der Waals surface area contributed by atoms with Crippen LogP contribution in [0.3, 0.4) is 0 Å². The molecule has 7 heteroatoms. The van der Waals surface area contributed by atoms with Gasteiger partial charge < -0.3 is 24.3 Å². The second kappa shape index (κ2) is 8.84. The molecule has 2 aromatic rings. The number of nitrogens with zero attached hydrogens (tertiary/aromatic N) is 1. The van der Waals surface area contributed by atoms with Gasteiger partial charge in [-0.2, -0.15) is 0 Å². The predicted molar refractivity (Wildman–Crippen MR) is 107 cm³/mol. The predicted octanol–water partition coefficient (Wildman–Crippen LogP) is 2.93. The number of hydrogen-bond acceptors (Lipinski definition) is 6. The van der Waals surface area contributed by atoms with E-state index in [-0.39, 0.29) is 18.7 Å². The summed E-state index contributed by atoms with van der Waals surface area (Å²) in [4.78, 5) is 14.6. The highest BCUT2D eigenvalue weighted by Gasteiger charge is 2.20. The molecule has 0 fully saturated rings. The number of carbonyl (C=O) groups is 1. The van der Waals surface area contributed by atoms with E-state index in [1.165, 1.54) is 0 Å². The minimum atomic E-state index is -0.287. The Bertz CT molecular complexity index is 840. The number of hydrogen-bond donors (Lipinski definition) is 1. The van der Waals surface area contributed by atoms with Gasteiger partial charge in [0.1, 0.15) is 0 Å². The van der Waals surface area contributed by atoms with Crippen molar-refractivity contribution in [2.24, 2.45) is 0 Å². The zero-order valence-electron chi connectivity index (χ0n) is 16.7. The molecule has 0 radical (unpaired) electrons. The van der Waals surface area contributed by atoms with Crippen molar-refractivity contribution in [3.05, 3.63) is 42.0 Å². The lowest BCUT2D eigenvalue weighted by Crippen LogP contribution is -2.40. The molecule has 2 aromatic carbocycles. The number of rotatable bonds is 8. The third-order valence-corrected chi connectivity index (χ3v) is 4.88. The molecule has 0 aromatic heterocycles. The number of ether oxygens (including phenoxy) is 4. The van der Waals surface area contributed by atoms with E-state index >= 15 is 0 Å². The number of anilines is 1. The lowest BCUT2D eigenvalue weighted by molar-refractivity contribution is -0.120. The van der Waals surface area contributed by atoms with E-state index in [0.717, 1.165) is 18.5 Å². The standard InChI is InChI=1S/C21H26N2O5/c1-14(21(24)22-16-6-8-18-20(12-16)28-13-27-18)23(2)10-9-15-5-7-17(25-3)19(11-15)26-4/h5-8,11-12,14H,9-10,13H2,1-4H3,(H,22,24)/t14-/m0/s1. The fourth-order valence-electron chi connectivity index (χ4n) is 2.96. The van der Waals surface area contributed by atoms with Crippen LogP contribution in [0, 0.1) is 0 Å². The molecule has 28 heavy (non-hydrogen) atoms. The van der Waals surface area contributed by atoms with Gasteiger partial charge in [0, 0.05) is 18.3 Å². The van der Waals surface area contributed by atoms with Gasteiger partial charge in [-0.15, -0.1) is 0 Å². The first-order valence-electron chi connectivity index (χ1n) is 9.13. The molecule has 150 valence electrons. The zero-order valence-corrected chi connectivity index (χ0v) is 16.7. The van der Waals surface area contributed by atoms with Crippen LogP contribution in [0.2, 0.25) is 0 Å². The molecule has 1 N–H and O–H groups in total. The molecule has 1 heterocycles. The molecule has 3 rings (SSSR count). The van der Waals surface area contributed by atoms with Gasteiger partial charge in [0.25, 0.3) is 0 Å². The average molecular weight is 386 g/mol. The number of likely N-dealkylation sites (N-methyl/N-ethyl adjacent to an activating group) is 1. The summed E-state index contributed by atoms with van der Waals surface area (Å²) in [7, 11) is 5.17. The third-order valence-electron chi connectivity index (χ3n) is 4.88. The number of fused-ring (bicyclic) bond motifs is 1. The largest absolute Gasteiger partial charge is 0.493 e. The normalized spacial score (nSPS) is 13.3. The molecule has 1 amide bonds. The van der Waals surface area contributed by atoms with Gasteiger partial charge in [-0.1, -0.05) is 6.07 Å². The topological polar surface area (TPSA) is 69.3 Å². The molecule has 0 bridgehead atoms. The lowest BCUT2D eigenvalue weighted by Gasteiger charge is -2.24. The van der Waals surface area contributed by atoms with Crippen LogP contribution in [0.5, 0.6) is 23.0 Å². The SMILES string of the molecule is COc1ccc(CCN(C)[C@@H](C)C(=O)Nc2ccc3c(c2)OCO3)cc1OC. The maximum absolute atomic E-state index is 12.6. The molecular weight excluding hydrogens is 360 g/mol. The van der Waals surface area contributed by atoms with Crippen LogP contribution in [0.4, 0.5) is 5.69 Å². The summed E-state index contributed by atoms with van der Waals surface area (Å²) >= 11 is 0. The third kappa shape index (κ3) is 4.48. The summed E-state index contributed by atoms with van der Waals surface area (Å²) in [6.45, 7) is 2.82. The lowest BCUT2D eigenvalue weighted by atomic mass is 10.1. The highest BCUT2D eigenvalue weighted by Crippen LogP contribution is 2.34. The maximum atomic E-state index is 12.6. The Morgan fingerprint density at radius 3 is 2.61 bits per heavy atom. The number of methoxy groups -OCH3 is 2. The van der Waals surface area contributed by atoms with Gasteiger partial charge >= 0.3 is 0 Å². The van der Waals surface area contributed by atoms with Crippen LogP contribution in [-0.4, -0.2) is 51.5 Å². The summed E-state index contributed by atoms with van der Waals surface area (Å²) < 4.78 is 21.2. The Kier molecular flexibility index (Phi) is 6.26. The van der Waals surface area contributed by atoms with Gasteiger partial charge in [-0.3, -0.25) is 9.69 Å². The molecule has 0 saturated carbocycles. The van der Waals surface area contributed by atoms with Crippen LogP contribution in [-0.2, 0) is 11.2 Å². The smallest absolute Gasteiger partial charge is 0.241 e. The van der Waals surface area contributed by atoms with Crippen molar-refractivity contribution in [3.63, 3.8) is 0 Å². The van der Waals surface area contributed by atoms with E-state index in [1.54, 1.807) is 26.4 Å². The highest BCUT2D eigenvalue weighted by atomic mass is 16.7. The van der Waals surface area contributed by atoms with Crippen LogP contribution in [0.25, 0.3) is 0 Å². The first-order valence-corrected chi connectivity index (χ1v) is 9.13. The van der Waals surface area contributed by atoms with E-state index in [9.17, 15) is 4.79 Å². The first-order chi connectivity index (χ1) is 13.5. The Hall–Kier alpha value is -2.93. The molecular formula is C21H26N2O5. The van der Waals surface area contributed by atoms with Crippen molar-refractivity contribution >= 4 is 11.6 Å². The van der Waals surface area contributed by atoms with E-state index in [2.05, 4.69) is 5.32 Å². The average Bonchev–Trinajstić information content (AvgIpc) is 3.18. The summed E-state index contributed by atoms with van der Waals surface area (Å²) in [5, 5.41) is 2.93. The second-order valence-corrected chi connectivity index (χ2v) is 6.65. The summed E-state index contributed by atoms with van der Waals surface area (Å²) in [5.74, 6) is 2.67. The highest BCUT2D eigenvalue weighted by molar-refractivity contribution is 5.94. The van der Waals surface area contributed by atoms with E-state index in [4.69, 9.17) is 18.9 Å². The van der Waals surface area contributed by atoms with Gasteiger partial charge in [0.05, 0.1) is 20.3 Å². The van der Waals surface area contributed by atoms with Crippen LogP contribution in [0.15, 0.2) is 36.4 Å². The Labute approximate surface area is 165 Å². The van der Waals surface area contributed by atoms with E-state index in [0.29, 0.717) is 28.7 Å². The summed E-state index contributed by atoms with van der Waals surface area (Å²) in [6.07, 6.45) is 0.790. The number of amides is 1. The monoisotopic (exact) mass is 386 g/mol. The Morgan fingerprint density at radius 1 is 1.11 bits per heavy atom. The number of benzene rings is 2. The molecule has 0 unspecified atom stereocenters. The van der Waals surface area contributed by atoms with Crippen molar-refractivity contribution in [2.45, 2.75) is 19.4 Å². The Balaban J connectivity index is 1.55. The molecule has 7 nitrogen and oxygen atoms in total. The molecule has 1 atom stereocenters. The van der Waals surface area contributed by atoms with Gasteiger partial charge in [-0.25, -0.2) is 0 Å². The zero-order chi connectivity index (χ0) is 20.1. The molecule has 0 aliphatic carbocycles. The fraction of sp³-hybridized carbons (Fsp3) is 0.381. The quantitative estimate of drug-likeness (QED) is 0.752. The molecule has 1 aliphatic heterocycles. The van der Waals surface area contributed by atoms with Crippen molar-refractivity contribution in [1.29, 1.82) is 0 Å². The molecule has 0 saturated heterocycles. The maximum Gasteiger partial charge on any atom is 0.241 e. The number of carbonyl (C=O) groups excluding carboxylic acids is 1.